The number of nitrogens with two attached hydrogens (primary N) is 1. The fourth-order valence-electron chi connectivity index (χ4n) is 1.38. The van der Waals surface area contributed by atoms with E-state index in [2.05, 4.69) is 31.8 Å². The number of hydrogen-bond donors (Lipinski definition) is 3. The minimum Gasteiger partial charge on any atom is -0.398 e. The number of amides is 1. The van der Waals surface area contributed by atoms with Crippen LogP contribution < -0.4 is 16.6 Å². The van der Waals surface area contributed by atoms with Crippen molar-refractivity contribution < 1.29 is 4.79 Å². The van der Waals surface area contributed by atoms with Crippen LogP contribution in [0.15, 0.2) is 52.0 Å². The molecule has 1 aromatic heterocycles. The van der Waals surface area contributed by atoms with Crippen LogP contribution in [0.2, 0.25) is 0 Å². The van der Waals surface area contributed by atoms with Gasteiger partial charge in [0.1, 0.15) is 5.82 Å². The quantitative estimate of drug-likeness (QED) is 0.438. The van der Waals surface area contributed by atoms with Gasteiger partial charge in [-0.2, -0.15) is 0 Å². The molecule has 2 rings (SSSR count). The van der Waals surface area contributed by atoms with Gasteiger partial charge >= 0.3 is 0 Å². The van der Waals surface area contributed by atoms with Gasteiger partial charge in [-0.3, -0.25) is 15.6 Å². The number of pyridine rings is 1. The summed E-state index contributed by atoms with van der Waals surface area (Å²) in [5.41, 5.74) is 11.8. The first kappa shape index (κ1) is 14.7. The Morgan fingerprint density at radius 2 is 2.20 bits per heavy atom. The van der Waals surface area contributed by atoms with Crippen molar-refractivity contribution in [1.82, 2.24) is 10.4 Å². The van der Waals surface area contributed by atoms with E-state index in [4.69, 9.17) is 5.73 Å². The molecule has 5 nitrogen and oxygen atoms in total. The predicted octanol–water partition coefficient (Wildman–Crippen LogP) is 2.66. The Kier molecular flexibility index (Phi) is 5.25. The van der Waals surface area contributed by atoms with Crippen molar-refractivity contribution in [2.24, 2.45) is 0 Å². The number of rotatable bonds is 5. The lowest BCUT2D eigenvalue weighted by atomic mass is 10.3. The topological polar surface area (TPSA) is 80.0 Å². The molecule has 1 aromatic carbocycles. The van der Waals surface area contributed by atoms with E-state index in [1.54, 1.807) is 24.4 Å². The van der Waals surface area contributed by atoms with Crippen LogP contribution in [0.3, 0.4) is 0 Å². The molecule has 0 saturated carbocycles. The van der Waals surface area contributed by atoms with Gasteiger partial charge in [0.05, 0.1) is 5.75 Å². The number of carbonyl (C=O) groups excluding carboxylic acids is 1. The summed E-state index contributed by atoms with van der Waals surface area (Å²) in [6, 6.07) is 11.0. The van der Waals surface area contributed by atoms with Crippen LogP contribution in [0.5, 0.6) is 0 Å². The molecule has 7 heteroatoms. The molecule has 0 spiro atoms. The van der Waals surface area contributed by atoms with Crippen LogP contribution >= 0.6 is 27.7 Å². The number of halogens is 1. The zero-order chi connectivity index (χ0) is 14.4. The third-order valence-electron chi connectivity index (χ3n) is 2.33. The van der Waals surface area contributed by atoms with Gasteiger partial charge in [0, 0.05) is 21.3 Å². The van der Waals surface area contributed by atoms with E-state index in [1.807, 2.05) is 18.2 Å². The first-order chi connectivity index (χ1) is 9.65. The third kappa shape index (κ3) is 4.43. The second kappa shape index (κ2) is 7.16. The molecule has 0 aliphatic carbocycles. The maximum atomic E-state index is 11.7. The summed E-state index contributed by atoms with van der Waals surface area (Å²) in [4.78, 5) is 16.6. The largest absolute Gasteiger partial charge is 0.398 e. The second-order valence-electron chi connectivity index (χ2n) is 3.86. The number of nitrogen functional groups attached to an aromatic ring is 1. The molecule has 0 atom stereocenters. The van der Waals surface area contributed by atoms with Gasteiger partial charge in [-0.25, -0.2) is 4.98 Å². The zero-order valence-corrected chi connectivity index (χ0v) is 12.9. The Labute approximate surface area is 129 Å². The monoisotopic (exact) mass is 352 g/mol. The maximum absolute atomic E-state index is 11.7. The number of benzene rings is 1. The smallest absolute Gasteiger partial charge is 0.248 e. The molecular weight excluding hydrogens is 340 g/mol. The highest BCUT2D eigenvalue weighted by atomic mass is 79.9. The second-order valence-corrected chi connectivity index (χ2v) is 5.79. The highest BCUT2D eigenvalue weighted by Crippen LogP contribution is 2.27. The zero-order valence-electron chi connectivity index (χ0n) is 10.5. The molecule has 0 saturated heterocycles. The van der Waals surface area contributed by atoms with Crippen LogP contribution in [-0.2, 0) is 4.79 Å². The van der Waals surface area contributed by atoms with Gasteiger partial charge in [0.15, 0.2) is 0 Å². The lowest BCUT2D eigenvalue weighted by Gasteiger charge is -2.08. The Bertz CT molecular complexity index is 594. The lowest BCUT2D eigenvalue weighted by Crippen LogP contribution is -2.31. The van der Waals surface area contributed by atoms with Gasteiger partial charge in [-0.15, -0.1) is 11.8 Å². The highest BCUT2D eigenvalue weighted by Gasteiger charge is 2.06. The number of carbonyl (C=O) groups is 1. The molecule has 20 heavy (non-hydrogen) atoms. The molecule has 0 bridgehead atoms. The predicted molar refractivity (Wildman–Crippen MR) is 85.3 cm³/mol. The SMILES string of the molecule is Nc1ccc(Br)cc1SCC(=O)NNc1ccccn1. The van der Waals surface area contributed by atoms with Gasteiger partial charge in [0.2, 0.25) is 5.91 Å². The summed E-state index contributed by atoms with van der Waals surface area (Å²) < 4.78 is 0.932. The average Bonchev–Trinajstić information content (AvgIpc) is 2.47. The van der Waals surface area contributed by atoms with E-state index in [0.29, 0.717) is 11.5 Å². The number of thioether (sulfide) groups is 1. The molecule has 104 valence electrons. The molecule has 0 unspecified atom stereocenters. The summed E-state index contributed by atoms with van der Waals surface area (Å²) in [7, 11) is 0. The van der Waals surface area contributed by atoms with Crippen LogP contribution in [-0.4, -0.2) is 16.6 Å². The van der Waals surface area contributed by atoms with Crippen LogP contribution in [0, 0.1) is 0 Å². The van der Waals surface area contributed by atoms with Crippen LogP contribution in [0.25, 0.3) is 0 Å². The standard InChI is InChI=1S/C13H13BrN4OS/c14-9-4-5-10(15)11(7-9)20-8-13(19)18-17-12-3-1-2-6-16-12/h1-7H,8,15H2,(H,16,17)(H,18,19). The van der Waals surface area contributed by atoms with Crippen LogP contribution in [0.4, 0.5) is 11.5 Å². The van der Waals surface area contributed by atoms with Crippen molar-refractivity contribution in [1.29, 1.82) is 0 Å². The molecule has 0 aliphatic heterocycles. The van der Waals surface area contributed by atoms with E-state index in [-0.39, 0.29) is 11.7 Å². The van der Waals surface area contributed by atoms with E-state index >= 15 is 0 Å². The number of hydrazine groups is 1. The first-order valence-electron chi connectivity index (χ1n) is 5.79. The summed E-state index contributed by atoms with van der Waals surface area (Å²) in [6.07, 6.45) is 1.64. The van der Waals surface area contributed by atoms with Crippen molar-refractivity contribution in [2.75, 3.05) is 16.9 Å². The van der Waals surface area contributed by atoms with Crippen molar-refractivity contribution in [3.05, 3.63) is 47.1 Å². The minimum atomic E-state index is -0.153. The Morgan fingerprint density at radius 3 is 2.95 bits per heavy atom. The molecule has 4 N–H and O–H groups in total. The number of nitrogens with zero attached hydrogens (tertiary/aromatic N) is 1. The summed E-state index contributed by atoms with van der Waals surface area (Å²) in [6.45, 7) is 0. The molecule has 0 aliphatic rings. The van der Waals surface area contributed by atoms with Gasteiger partial charge in [-0.05, 0) is 30.3 Å². The Hall–Kier alpha value is -1.73. The fraction of sp³-hybridized carbons (Fsp3) is 0.0769. The number of nitrogens with one attached hydrogen (secondary N) is 2. The number of hydrogen-bond acceptors (Lipinski definition) is 5. The summed E-state index contributed by atoms with van der Waals surface area (Å²) in [5.74, 6) is 0.702. The van der Waals surface area contributed by atoms with Crippen LogP contribution in [0.1, 0.15) is 0 Å². The Balaban J connectivity index is 1.82. The maximum Gasteiger partial charge on any atom is 0.248 e. The molecule has 2 aromatic rings. The van der Waals surface area contributed by atoms with E-state index in [0.717, 1.165) is 9.37 Å². The summed E-state index contributed by atoms with van der Waals surface area (Å²) >= 11 is 4.75. The van der Waals surface area contributed by atoms with Crippen molar-refractivity contribution in [2.45, 2.75) is 4.90 Å². The van der Waals surface area contributed by atoms with Gasteiger partial charge < -0.3 is 5.73 Å². The molecule has 1 heterocycles. The number of aromatic nitrogens is 1. The van der Waals surface area contributed by atoms with Gasteiger partial charge in [-0.1, -0.05) is 22.0 Å². The first-order valence-corrected chi connectivity index (χ1v) is 7.57. The molecular formula is C13H13BrN4OS. The summed E-state index contributed by atoms with van der Waals surface area (Å²) in [5, 5.41) is 0. The average molecular weight is 353 g/mol. The van der Waals surface area contributed by atoms with E-state index in [9.17, 15) is 4.79 Å². The van der Waals surface area contributed by atoms with E-state index in [1.165, 1.54) is 11.8 Å². The number of anilines is 2. The Morgan fingerprint density at radius 1 is 1.35 bits per heavy atom. The molecule has 1 amide bonds. The van der Waals surface area contributed by atoms with E-state index < -0.39 is 0 Å². The van der Waals surface area contributed by atoms with Crippen molar-refractivity contribution in [3.8, 4) is 0 Å². The fourth-order valence-corrected chi connectivity index (χ4v) is 2.70. The molecule has 0 radical (unpaired) electrons. The van der Waals surface area contributed by atoms with Crippen molar-refractivity contribution in [3.63, 3.8) is 0 Å². The molecule has 0 fully saturated rings. The highest BCUT2D eigenvalue weighted by molar-refractivity contribution is 9.10. The normalized spacial score (nSPS) is 10.1. The van der Waals surface area contributed by atoms with Crippen molar-refractivity contribution >= 4 is 45.1 Å². The third-order valence-corrected chi connectivity index (χ3v) is 3.89. The lowest BCUT2D eigenvalue weighted by molar-refractivity contribution is -0.118. The minimum absolute atomic E-state index is 0.153. The van der Waals surface area contributed by atoms with Gasteiger partial charge in [0.25, 0.3) is 0 Å².